The predicted molar refractivity (Wildman–Crippen MR) is 104 cm³/mol. The second-order valence-corrected chi connectivity index (χ2v) is 8.58. The van der Waals surface area contributed by atoms with E-state index in [-0.39, 0.29) is 0 Å². The average molecular weight is 382 g/mol. The molecule has 0 aromatic heterocycles. The molecule has 5 heteroatoms. The Labute approximate surface area is 156 Å². The molecule has 1 aliphatic rings. The quantitative estimate of drug-likeness (QED) is 0.801. The molecule has 0 fully saturated rings. The van der Waals surface area contributed by atoms with E-state index in [9.17, 15) is 4.21 Å². The summed E-state index contributed by atoms with van der Waals surface area (Å²) in [5, 5.41) is 4.60. The molecule has 128 valence electrons. The Bertz CT molecular complexity index is 778. The van der Waals surface area contributed by atoms with Gasteiger partial charge >= 0.3 is 0 Å². The number of halogens is 2. The summed E-state index contributed by atoms with van der Waals surface area (Å²) in [6, 6.07) is 12.8. The van der Waals surface area contributed by atoms with Crippen LogP contribution in [-0.2, 0) is 16.6 Å². The fraction of sp³-hybridized carbons (Fsp3) is 0.368. The SMILES string of the molecule is CNC1CC[C@@H](c2ccc(Cl)c(Cl)c2)c2ccc(CS(C)=O)cc21. The van der Waals surface area contributed by atoms with Crippen LogP contribution >= 0.6 is 23.2 Å². The summed E-state index contributed by atoms with van der Waals surface area (Å²) in [5.41, 5.74) is 4.96. The van der Waals surface area contributed by atoms with Gasteiger partial charge in [0.05, 0.1) is 10.0 Å². The largest absolute Gasteiger partial charge is 0.313 e. The summed E-state index contributed by atoms with van der Waals surface area (Å²) >= 11 is 12.3. The van der Waals surface area contributed by atoms with E-state index in [4.69, 9.17) is 23.2 Å². The van der Waals surface area contributed by atoms with Crippen molar-refractivity contribution in [3.63, 3.8) is 0 Å². The first kappa shape index (κ1) is 17.9. The van der Waals surface area contributed by atoms with Crippen LogP contribution in [0.15, 0.2) is 36.4 Å². The van der Waals surface area contributed by atoms with Gasteiger partial charge in [-0.05, 0) is 54.3 Å². The van der Waals surface area contributed by atoms with Crippen LogP contribution in [0, 0.1) is 0 Å². The summed E-state index contributed by atoms with van der Waals surface area (Å²) in [7, 11) is 1.17. The lowest BCUT2D eigenvalue weighted by Gasteiger charge is -2.32. The van der Waals surface area contributed by atoms with Crippen molar-refractivity contribution in [3.05, 3.63) is 68.7 Å². The van der Waals surface area contributed by atoms with E-state index >= 15 is 0 Å². The lowest BCUT2D eigenvalue weighted by atomic mass is 9.76. The first-order valence-electron chi connectivity index (χ1n) is 8.04. The third-order valence-electron chi connectivity index (χ3n) is 4.71. The van der Waals surface area contributed by atoms with Crippen LogP contribution in [0.4, 0.5) is 0 Å². The summed E-state index contributed by atoms with van der Waals surface area (Å²) in [6.07, 6.45) is 3.87. The Morgan fingerprint density at radius 2 is 1.88 bits per heavy atom. The van der Waals surface area contributed by atoms with Gasteiger partial charge in [-0.2, -0.15) is 0 Å². The second kappa shape index (κ2) is 7.57. The minimum absolute atomic E-state index is 0.320. The Morgan fingerprint density at radius 1 is 1.08 bits per heavy atom. The van der Waals surface area contributed by atoms with Crippen molar-refractivity contribution in [3.8, 4) is 0 Å². The number of nitrogens with one attached hydrogen (secondary N) is 1. The molecule has 0 bridgehead atoms. The zero-order valence-electron chi connectivity index (χ0n) is 13.8. The lowest BCUT2D eigenvalue weighted by Crippen LogP contribution is -2.24. The monoisotopic (exact) mass is 381 g/mol. The maximum atomic E-state index is 11.6. The van der Waals surface area contributed by atoms with Crippen LogP contribution in [0.2, 0.25) is 10.0 Å². The fourth-order valence-electron chi connectivity index (χ4n) is 3.59. The standard InChI is InChI=1S/C19H21Cl2NOS/c1-22-19-8-6-14(13-4-7-17(20)18(21)10-13)15-5-3-12(9-16(15)19)11-24(2)23/h3-5,7,9-10,14,19,22H,6,8,11H2,1-2H3/t14-,19?,24?/m0/s1. The van der Waals surface area contributed by atoms with Crippen molar-refractivity contribution in [2.75, 3.05) is 13.3 Å². The molecule has 0 saturated heterocycles. The van der Waals surface area contributed by atoms with E-state index in [1.165, 1.54) is 16.7 Å². The van der Waals surface area contributed by atoms with Crippen molar-refractivity contribution in [1.82, 2.24) is 5.32 Å². The van der Waals surface area contributed by atoms with Gasteiger partial charge in [-0.3, -0.25) is 4.21 Å². The smallest absolute Gasteiger partial charge is 0.0595 e. The molecular weight excluding hydrogens is 361 g/mol. The first-order chi connectivity index (χ1) is 11.5. The summed E-state index contributed by atoms with van der Waals surface area (Å²) in [4.78, 5) is 0. The third kappa shape index (κ3) is 3.70. The molecule has 2 unspecified atom stereocenters. The van der Waals surface area contributed by atoms with Gasteiger partial charge in [-0.1, -0.05) is 47.5 Å². The molecule has 1 aliphatic carbocycles. The topological polar surface area (TPSA) is 29.1 Å². The van der Waals surface area contributed by atoms with Gasteiger partial charge < -0.3 is 5.32 Å². The van der Waals surface area contributed by atoms with E-state index in [2.05, 4.69) is 29.6 Å². The van der Waals surface area contributed by atoms with Crippen LogP contribution in [0.5, 0.6) is 0 Å². The Kier molecular flexibility index (Phi) is 5.66. The molecule has 24 heavy (non-hydrogen) atoms. The summed E-state index contributed by atoms with van der Waals surface area (Å²) in [6.45, 7) is 0. The maximum absolute atomic E-state index is 11.6. The maximum Gasteiger partial charge on any atom is 0.0595 e. The van der Waals surface area contributed by atoms with Gasteiger partial charge in [0.1, 0.15) is 0 Å². The first-order valence-corrected chi connectivity index (χ1v) is 10.5. The molecule has 0 amide bonds. The molecule has 2 aromatic carbocycles. The Morgan fingerprint density at radius 3 is 2.54 bits per heavy atom. The number of fused-ring (bicyclic) bond motifs is 1. The molecule has 3 rings (SSSR count). The number of hydrogen-bond donors (Lipinski definition) is 1. The molecule has 3 atom stereocenters. The minimum atomic E-state index is -0.834. The van der Waals surface area contributed by atoms with E-state index in [0.29, 0.717) is 27.8 Å². The van der Waals surface area contributed by atoms with Crippen molar-refractivity contribution < 1.29 is 4.21 Å². The van der Waals surface area contributed by atoms with Gasteiger partial charge in [0, 0.05) is 34.8 Å². The predicted octanol–water partition coefficient (Wildman–Crippen LogP) is 5.06. The average Bonchev–Trinajstić information content (AvgIpc) is 2.55. The van der Waals surface area contributed by atoms with Crippen LogP contribution in [-0.4, -0.2) is 17.5 Å². The molecular formula is C19H21Cl2NOS. The van der Waals surface area contributed by atoms with Crippen LogP contribution in [0.1, 0.15) is 47.1 Å². The van der Waals surface area contributed by atoms with Gasteiger partial charge in [-0.15, -0.1) is 0 Å². The fourth-order valence-corrected chi connectivity index (χ4v) is 4.54. The lowest BCUT2D eigenvalue weighted by molar-refractivity contribution is 0.470. The van der Waals surface area contributed by atoms with Crippen LogP contribution in [0.25, 0.3) is 0 Å². The second-order valence-electron chi connectivity index (χ2n) is 6.33. The van der Waals surface area contributed by atoms with Crippen molar-refractivity contribution in [1.29, 1.82) is 0 Å². The number of benzene rings is 2. The zero-order chi connectivity index (χ0) is 17.3. The Hall–Kier alpha value is -0.870. The normalized spacial score (nSPS) is 21.3. The van der Waals surface area contributed by atoms with E-state index in [0.717, 1.165) is 18.4 Å². The van der Waals surface area contributed by atoms with Crippen molar-refractivity contribution in [2.24, 2.45) is 0 Å². The highest BCUT2D eigenvalue weighted by atomic mass is 35.5. The molecule has 0 heterocycles. The highest BCUT2D eigenvalue weighted by Gasteiger charge is 2.28. The summed E-state index contributed by atoms with van der Waals surface area (Å²) in [5.74, 6) is 0.918. The molecule has 0 spiro atoms. The van der Waals surface area contributed by atoms with Crippen LogP contribution < -0.4 is 5.32 Å². The zero-order valence-corrected chi connectivity index (χ0v) is 16.1. The highest BCUT2D eigenvalue weighted by molar-refractivity contribution is 7.83. The molecule has 0 radical (unpaired) electrons. The molecule has 2 aromatic rings. The number of rotatable bonds is 4. The van der Waals surface area contributed by atoms with E-state index in [1.807, 2.05) is 19.2 Å². The minimum Gasteiger partial charge on any atom is -0.313 e. The van der Waals surface area contributed by atoms with E-state index < -0.39 is 10.8 Å². The molecule has 2 nitrogen and oxygen atoms in total. The third-order valence-corrected chi connectivity index (χ3v) is 6.19. The van der Waals surface area contributed by atoms with Gasteiger partial charge in [0.15, 0.2) is 0 Å². The van der Waals surface area contributed by atoms with Gasteiger partial charge in [0.25, 0.3) is 0 Å². The van der Waals surface area contributed by atoms with Crippen molar-refractivity contribution in [2.45, 2.75) is 30.6 Å². The molecule has 0 aliphatic heterocycles. The molecule has 1 N–H and O–H groups in total. The highest BCUT2D eigenvalue weighted by Crippen LogP contribution is 2.42. The number of hydrogen-bond acceptors (Lipinski definition) is 2. The molecule has 0 saturated carbocycles. The van der Waals surface area contributed by atoms with E-state index in [1.54, 1.807) is 6.26 Å². The van der Waals surface area contributed by atoms with Crippen LogP contribution in [0.3, 0.4) is 0 Å². The van der Waals surface area contributed by atoms with Crippen molar-refractivity contribution >= 4 is 34.0 Å². The summed E-state index contributed by atoms with van der Waals surface area (Å²) < 4.78 is 11.6. The van der Waals surface area contributed by atoms with Gasteiger partial charge in [0.2, 0.25) is 0 Å². The Balaban J connectivity index is 2.03. The van der Waals surface area contributed by atoms with Gasteiger partial charge in [-0.25, -0.2) is 0 Å².